The second-order valence-corrected chi connectivity index (χ2v) is 5.81. The molecule has 0 atom stereocenters. The van der Waals surface area contributed by atoms with Crippen LogP contribution in [0.1, 0.15) is 26.3 Å². The van der Waals surface area contributed by atoms with Crippen molar-refractivity contribution in [3.8, 4) is 0 Å². The van der Waals surface area contributed by atoms with Gasteiger partial charge in [-0.05, 0) is 45.4 Å². The number of hydrogen-bond acceptors (Lipinski definition) is 5. The average molecular weight is 292 g/mol. The van der Waals surface area contributed by atoms with Crippen LogP contribution in [0, 0.1) is 6.92 Å². The fourth-order valence-corrected chi connectivity index (χ4v) is 1.58. The Kier molecular flexibility index (Phi) is 5.60. The molecule has 1 aromatic carbocycles. The first-order chi connectivity index (χ1) is 9.67. The molecule has 0 aromatic heterocycles. The second-order valence-electron chi connectivity index (χ2n) is 5.81. The Labute approximate surface area is 125 Å². The highest BCUT2D eigenvalue weighted by atomic mass is 16.6. The number of hydrazine groups is 1. The van der Waals surface area contributed by atoms with Crippen LogP contribution in [0.3, 0.4) is 0 Å². The van der Waals surface area contributed by atoms with Crippen molar-refractivity contribution < 1.29 is 9.53 Å². The standard InChI is InChI=1S/C15H24N4O2/c1-11-6-5-7-13(8-11)19(17)10-12(16)9-18-14(20)21-15(2,3)4/h5-8,10H,9,16-17H2,1-4H3,(H,18,20)/b12-10-. The molecule has 116 valence electrons. The zero-order chi connectivity index (χ0) is 16.0. The number of anilines is 1. The molecule has 0 saturated heterocycles. The van der Waals surface area contributed by atoms with Crippen molar-refractivity contribution in [3.63, 3.8) is 0 Å². The molecule has 0 bridgehead atoms. The minimum atomic E-state index is -0.538. The number of nitrogens with zero attached hydrogens (tertiary/aromatic N) is 1. The van der Waals surface area contributed by atoms with Crippen LogP contribution < -0.4 is 21.9 Å². The van der Waals surface area contributed by atoms with Crippen LogP contribution in [0.5, 0.6) is 0 Å². The van der Waals surface area contributed by atoms with E-state index in [9.17, 15) is 4.79 Å². The van der Waals surface area contributed by atoms with Gasteiger partial charge in [0.25, 0.3) is 0 Å². The number of amides is 1. The summed E-state index contributed by atoms with van der Waals surface area (Å²) in [4.78, 5) is 11.5. The normalized spacial score (nSPS) is 12.0. The molecule has 1 aromatic rings. The Bertz CT molecular complexity index is 521. The summed E-state index contributed by atoms with van der Waals surface area (Å²) in [5.41, 5.74) is 7.63. The molecule has 0 radical (unpaired) electrons. The molecule has 0 aliphatic rings. The van der Waals surface area contributed by atoms with Gasteiger partial charge >= 0.3 is 6.09 Å². The van der Waals surface area contributed by atoms with E-state index in [-0.39, 0.29) is 6.54 Å². The number of nitrogens with one attached hydrogen (secondary N) is 1. The lowest BCUT2D eigenvalue weighted by Gasteiger charge is -2.20. The van der Waals surface area contributed by atoms with Crippen LogP contribution in [0.15, 0.2) is 36.2 Å². The van der Waals surface area contributed by atoms with Gasteiger partial charge in [-0.15, -0.1) is 0 Å². The van der Waals surface area contributed by atoms with Crippen molar-refractivity contribution in [3.05, 3.63) is 41.7 Å². The van der Waals surface area contributed by atoms with Crippen molar-refractivity contribution >= 4 is 11.8 Å². The lowest BCUT2D eigenvalue weighted by atomic mass is 10.2. The number of benzene rings is 1. The van der Waals surface area contributed by atoms with Crippen LogP contribution in [0.4, 0.5) is 10.5 Å². The van der Waals surface area contributed by atoms with Crippen molar-refractivity contribution in [2.24, 2.45) is 11.6 Å². The van der Waals surface area contributed by atoms with E-state index in [2.05, 4.69) is 5.32 Å². The molecule has 0 saturated carbocycles. The third kappa shape index (κ3) is 6.67. The van der Waals surface area contributed by atoms with Gasteiger partial charge in [-0.3, -0.25) is 5.01 Å². The Hall–Kier alpha value is -2.21. The first kappa shape index (κ1) is 16.8. The number of hydrogen-bond donors (Lipinski definition) is 3. The van der Waals surface area contributed by atoms with Gasteiger partial charge in [0.1, 0.15) is 5.60 Å². The molecule has 21 heavy (non-hydrogen) atoms. The summed E-state index contributed by atoms with van der Waals surface area (Å²) >= 11 is 0. The highest BCUT2D eigenvalue weighted by Gasteiger charge is 2.15. The molecule has 0 spiro atoms. The van der Waals surface area contributed by atoms with Gasteiger partial charge in [0.15, 0.2) is 0 Å². The minimum Gasteiger partial charge on any atom is -0.444 e. The predicted octanol–water partition coefficient (Wildman–Crippen LogP) is 2.00. The van der Waals surface area contributed by atoms with Crippen molar-refractivity contribution in [2.75, 3.05) is 11.6 Å². The van der Waals surface area contributed by atoms with Gasteiger partial charge in [-0.2, -0.15) is 0 Å². The molecule has 1 amide bonds. The first-order valence-corrected chi connectivity index (χ1v) is 6.71. The van der Waals surface area contributed by atoms with E-state index in [1.54, 1.807) is 27.0 Å². The summed E-state index contributed by atoms with van der Waals surface area (Å²) < 4.78 is 5.12. The monoisotopic (exact) mass is 292 g/mol. The summed E-state index contributed by atoms with van der Waals surface area (Å²) in [5.74, 6) is 5.91. The second kappa shape index (κ2) is 6.99. The summed E-state index contributed by atoms with van der Waals surface area (Å²) in [6.45, 7) is 7.53. The van der Waals surface area contributed by atoms with Gasteiger partial charge < -0.3 is 15.8 Å². The maximum Gasteiger partial charge on any atom is 0.407 e. The highest BCUT2D eigenvalue weighted by molar-refractivity contribution is 5.68. The van der Waals surface area contributed by atoms with E-state index in [4.69, 9.17) is 16.3 Å². The van der Waals surface area contributed by atoms with Gasteiger partial charge in [0.05, 0.1) is 12.2 Å². The molecule has 0 aliphatic heterocycles. The minimum absolute atomic E-state index is 0.161. The molecule has 0 aliphatic carbocycles. The zero-order valence-electron chi connectivity index (χ0n) is 13.0. The highest BCUT2D eigenvalue weighted by Crippen LogP contribution is 2.13. The fourth-order valence-electron chi connectivity index (χ4n) is 1.58. The Balaban J connectivity index is 2.55. The van der Waals surface area contributed by atoms with Gasteiger partial charge in [0.2, 0.25) is 0 Å². The van der Waals surface area contributed by atoms with E-state index in [0.29, 0.717) is 5.70 Å². The van der Waals surface area contributed by atoms with Gasteiger partial charge in [-0.1, -0.05) is 12.1 Å². The molecule has 1 rings (SSSR count). The summed E-state index contributed by atoms with van der Waals surface area (Å²) in [6.07, 6.45) is 1.05. The fraction of sp³-hybridized carbons (Fsp3) is 0.400. The maximum absolute atomic E-state index is 11.5. The van der Waals surface area contributed by atoms with Crippen LogP contribution in [-0.4, -0.2) is 18.2 Å². The Morgan fingerprint density at radius 2 is 2.10 bits per heavy atom. The first-order valence-electron chi connectivity index (χ1n) is 6.71. The molecule has 5 N–H and O–H groups in total. The van der Waals surface area contributed by atoms with Crippen LogP contribution in [0.2, 0.25) is 0 Å². The third-order valence-corrected chi connectivity index (χ3v) is 2.44. The lowest BCUT2D eigenvalue weighted by Crippen LogP contribution is -2.35. The number of rotatable bonds is 4. The lowest BCUT2D eigenvalue weighted by molar-refractivity contribution is 0.0532. The SMILES string of the molecule is Cc1cccc(N(N)/C=C(\N)CNC(=O)OC(C)(C)C)c1. The van der Waals surface area contributed by atoms with E-state index in [1.165, 1.54) is 5.01 Å². The molecule has 6 nitrogen and oxygen atoms in total. The van der Waals surface area contributed by atoms with E-state index in [0.717, 1.165) is 11.3 Å². The van der Waals surface area contributed by atoms with Crippen molar-refractivity contribution in [1.29, 1.82) is 0 Å². The molecule has 0 fully saturated rings. The van der Waals surface area contributed by atoms with E-state index >= 15 is 0 Å². The van der Waals surface area contributed by atoms with Crippen molar-refractivity contribution in [2.45, 2.75) is 33.3 Å². The molecule has 6 heteroatoms. The summed E-state index contributed by atoms with van der Waals surface area (Å²) in [5, 5.41) is 3.99. The summed E-state index contributed by atoms with van der Waals surface area (Å²) in [6, 6.07) is 7.70. The van der Waals surface area contributed by atoms with Crippen LogP contribution >= 0.6 is 0 Å². The van der Waals surface area contributed by atoms with E-state index < -0.39 is 11.7 Å². The summed E-state index contributed by atoms with van der Waals surface area (Å²) in [7, 11) is 0. The number of nitrogens with two attached hydrogens (primary N) is 2. The number of carbonyl (C=O) groups is 1. The van der Waals surface area contributed by atoms with E-state index in [1.807, 2.05) is 31.2 Å². The third-order valence-electron chi connectivity index (χ3n) is 2.44. The number of ether oxygens (including phenoxy) is 1. The van der Waals surface area contributed by atoms with Gasteiger partial charge in [0, 0.05) is 11.9 Å². The quantitative estimate of drug-likeness (QED) is 0.583. The molecule has 0 unspecified atom stereocenters. The Morgan fingerprint density at radius 3 is 2.67 bits per heavy atom. The predicted molar refractivity (Wildman–Crippen MR) is 84.4 cm³/mol. The zero-order valence-corrected chi connectivity index (χ0v) is 13.0. The number of aryl methyl sites for hydroxylation is 1. The molecule has 0 heterocycles. The van der Waals surface area contributed by atoms with Crippen LogP contribution in [-0.2, 0) is 4.74 Å². The molecular weight excluding hydrogens is 268 g/mol. The number of carbonyl (C=O) groups excluding carboxylic acids is 1. The van der Waals surface area contributed by atoms with Crippen molar-refractivity contribution in [1.82, 2.24) is 5.32 Å². The smallest absolute Gasteiger partial charge is 0.407 e. The largest absolute Gasteiger partial charge is 0.444 e. The topological polar surface area (TPSA) is 93.6 Å². The average Bonchev–Trinajstić information content (AvgIpc) is 2.34. The number of alkyl carbamates (subject to hydrolysis) is 1. The van der Waals surface area contributed by atoms with Gasteiger partial charge in [-0.25, -0.2) is 10.6 Å². The molecular formula is C15H24N4O2. The van der Waals surface area contributed by atoms with Crippen LogP contribution in [0.25, 0.3) is 0 Å². The maximum atomic E-state index is 11.5. The Morgan fingerprint density at radius 1 is 1.43 bits per heavy atom.